The Morgan fingerprint density at radius 3 is 2.27 bits per heavy atom. The molecule has 3 amide bonds. The van der Waals surface area contributed by atoms with Crippen molar-refractivity contribution in [2.45, 2.75) is 57.0 Å². The summed E-state index contributed by atoms with van der Waals surface area (Å²) in [7, 11) is 2.03. The number of carbonyl (C=O) groups is 3. The van der Waals surface area contributed by atoms with E-state index in [1.165, 1.54) is 22.3 Å². The zero-order valence-electron chi connectivity index (χ0n) is 23.8. The largest absolute Gasteiger partial charge is 0.448 e. The minimum Gasteiger partial charge on any atom is -0.448 e. The highest BCUT2D eigenvalue weighted by Gasteiger charge is 2.48. The molecule has 2 aliphatic carbocycles. The third-order valence-corrected chi connectivity index (χ3v) is 9.53. The minimum absolute atomic E-state index is 0.00649. The van der Waals surface area contributed by atoms with Crippen molar-refractivity contribution in [3.05, 3.63) is 59.7 Å². The van der Waals surface area contributed by atoms with E-state index < -0.39 is 0 Å². The molecule has 2 saturated heterocycles. The van der Waals surface area contributed by atoms with Gasteiger partial charge in [-0.2, -0.15) is 5.10 Å². The van der Waals surface area contributed by atoms with Gasteiger partial charge in [0, 0.05) is 37.5 Å². The maximum atomic E-state index is 13.4. The van der Waals surface area contributed by atoms with Crippen LogP contribution in [0.1, 0.15) is 56.1 Å². The van der Waals surface area contributed by atoms with Gasteiger partial charge in [-0.15, -0.1) is 0 Å². The average molecular weight is 558 g/mol. The van der Waals surface area contributed by atoms with Crippen molar-refractivity contribution >= 4 is 23.6 Å². The molecule has 2 N–H and O–H groups in total. The first-order chi connectivity index (χ1) is 19.9. The Morgan fingerprint density at radius 2 is 1.61 bits per heavy atom. The Kier molecular flexibility index (Phi) is 7.79. The van der Waals surface area contributed by atoms with Gasteiger partial charge in [-0.1, -0.05) is 48.5 Å². The number of ketones is 1. The Morgan fingerprint density at radius 1 is 0.951 bits per heavy atom. The van der Waals surface area contributed by atoms with Crippen LogP contribution in [0, 0.1) is 11.8 Å². The normalized spacial score (nSPS) is 26.4. The molecule has 4 aliphatic rings. The van der Waals surface area contributed by atoms with Gasteiger partial charge in [0.2, 0.25) is 0 Å². The van der Waals surface area contributed by atoms with Crippen molar-refractivity contribution in [1.82, 2.24) is 20.5 Å². The molecule has 2 aliphatic heterocycles. The number of likely N-dealkylation sites (tertiary alicyclic amines) is 2. The fraction of sp³-hybridized carbons (Fsp3) is 0.500. The number of amides is 3. The van der Waals surface area contributed by atoms with Gasteiger partial charge in [-0.25, -0.2) is 15.0 Å². The number of likely N-dealkylation sites (N-methyl/N-ethyl adjacent to an activating group) is 1. The number of hydrogen-bond donors (Lipinski definition) is 2. The molecule has 0 bridgehead atoms. The SMILES string of the molecule is CC(=O)C1CCC(CNC(=O)N/N=C2\CN(C)C3CCN(C(=O)OCC4c5ccccc5-c5ccccc54)C23)CC1. The van der Waals surface area contributed by atoms with Crippen molar-refractivity contribution < 1.29 is 19.1 Å². The standard InChI is InChI=1S/C32H39N5O4/c1-20(38)22-13-11-21(12-14-22)17-33-31(39)35-34-28-18-36(2)29-15-16-37(30(28)29)32(40)41-19-27-25-9-5-3-7-23(25)24-8-4-6-10-26(24)27/h3-10,21-22,27,29-30H,11-19H2,1-2H3,(H2,33,35,39)/b34-28+. The lowest BCUT2D eigenvalue weighted by Crippen LogP contribution is -2.44. The molecule has 0 radical (unpaired) electrons. The number of nitrogens with zero attached hydrogens (tertiary/aromatic N) is 3. The lowest BCUT2D eigenvalue weighted by Gasteiger charge is -2.27. The highest BCUT2D eigenvalue weighted by molar-refractivity contribution is 5.97. The number of ether oxygens (including phenoxy) is 1. The lowest BCUT2D eigenvalue weighted by atomic mass is 9.80. The van der Waals surface area contributed by atoms with Crippen molar-refractivity contribution in [3.63, 3.8) is 0 Å². The third kappa shape index (κ3) is 5.47. The van der Waals surface area contributed by atoms with Crippen LogP contribution in [0.15, 0.2) is 53.6 Å². The van der Waals surface area contributed by atoms with Crippen LogP contribution >= 0.6 is 0 Å². The van der Waals surface area contributed by atoms with Crippen molar-refractivity contribution in [2.75, 3.05) is 33.3 Å². The number of fused-ring (bicyclic) bond motifs is 4. The van der Waals surface area contributed by atoms with Crippen LogP contribution in [-0.2, 0) is 9.53 Å². The number of urea groups is 1. The minimum atomic E-state index is -0.344. The molecule has 2 unspecified atom stereocenters. The summed E-state index contributed by atoms with van der Waals surface area (Å²) in [4.78, 5) is 41.5. The second kappa shape index (κ2) is 11.6. The average Bonchev–Trinajstić information content (AvgIpc) is 3.66. The fourth-order valence-electron chi connectivity index (χ4n) is 7.26. The van der Waals surface area contributed by atoms with E-state index >= 15 is 0 Å². The first-order valence-corrected chi connectivity index (χ1v) is 14.8. The van der Waals surface area contributed by atoms with Gasteiger partial charge in [-0.3, -0.25) is 14.6 Å². The van der Waals surface area contributed by atoms with Crippen LogP contribution in [0.5, 0.6) is 0 Å². The number of rotatable bonds is 6. The molecule has 2 aromatic carbocycles. The summed E-state index contributed by atoms with van der Waals surface area (Å²) in [5.74, 6) is 0.824. The molecule has 2 atom stereocenters. The number of hydrazone groups is 1. The van der Waals surface area contributed by atoms with Gasteiger partial charge in [-0.05, 0) is 74.2 Å². The summed E-state index contributed by atoms with van der Waals surface area (Å²) >= 11 is 0. The molecule has 0 spiro atoms. The predicted octanol–water partition coefficient (Wildman–Crippen LogP) is 4.37. The summed E-state index contributed by atoms with van der Waals surface area (Å²) in [6, 6.07) is 16.2. The Balaban J connectivity index is 1.05. The predicted molar refractivity (Wildman–Crippen MR) is 157 cm³/mol. The zero-order chi connectivity index (χ0) is 28.5. The van der Waals surface area contributed by atoms with E-state index in [1.807, 2.05) is 31.3 Å². The maximum absolute atomic E-state index is 13.4. The number of Topliss-reactive ketones (excluding diaryl/α,β-unsaturated/α-hetero) is 1. The summed E-state index contributed by atoms with van der Waals surface area (Å²) in [6.45, 7) is 3.68. The maximum Gasteiger partial charge on any atom is 0.410 e. The Labute approximate surface area is 241 Å². The molecule has 9 nitrogen and oxygen atoms in total. The lowest BCUT2D eigenvalue weighted by molar-refractivity contribution is -0.121. The molecule has 0 aromatic heterocycles. The summed E-state index contributed by atoms with van der Waals surface area (Å²) in [6.07, 6.45) is 4.18. The van der Waals surface area contributed by atoms with Crippen molar-refractivity contribution in [1.29, 1.82) is 0 Å². The second-order valence-electron chi connectivity index (χ2n) is 12.0. The summed E-state index contributed by atoms with van der Waals surface area (Å²) < 4.78 is 5.96. The van der Waals surface area contributed by atoms with Gasteiger partial charge in [0.05, 0.1) is 11.8 Å². The van der Waals surface area contributed by atoms with Crippen LogP contribution < -0.4 is 10.7 Å². The molecule has 6 rings (SSSR count). The summed E-state index contributed by atoms with van der Waals surface area (Å²) in [5, 5.41) is 7.40. The second-order valence-corrected chi connectivity index (χ2v) is 12.0. The van der Waals surface area contributed by atoms with E-state index in [1.54, 1.807) is 11.8 Å². The number of nitrogens with one attached hydrogen (secondary N) is 2. The fourth-order valence-corrected chi connectivity index (χ4v) is 7.26. The third-order valence-electron chi connectivity index (χ3n) is 9.53. The zero-order valence-corrected chi connectivity index (χ0v) is 23.8. The van der Waals surface area contributed by atoms with Gasteiger partial charge < -0.3 is 10.1 Å². The molecule has 1 saturated carbocycles. The van der Waals surface area contributed by atoms with Gasteiger partial charge in [0.15, 0.2) is 0 Å². The van der Waals surface area contributed by atoms with Crippen molar-refractivity contribution in [3.8, 4) is 11.1 Å². The van der Waals surface area contributed by atoms with E-state index in [2.05, 4.69) is 45.0 Å². The van der Waals surface area contributed by atoms with Gasteiger partial charge in [0.1, 0.15) is 12.4 Å². The Hall–Kier alpha value is -3.72. The molecular formula is C32H39N5O4. The highest BCUT2D eigenvalue weighted by atomic mass is 16.6. The number of hydrogen-bond acceptors (Lipinski definition) is 6. The number of carbonyl (C=O) groups excluding carboxylic acids is 3. The van der Waals surface area contributed by atoms with Crippen LogP contribution in [0.25, 0.3) is 11.1 Å². The highest BCUT2D eigenvalue weighted by Crippen LogP contribution is 2.44. The van der Waals surface area contributed by atoms with Gasteiger partial charge in [0.25, 0.3) is 0 Å². The van der Waals surface area contributed by atoms with E-state index in [0.29, 0.717) is 25.6 Å². The van der Waals surface area contributed by atoms with Crippen LogP contribution in [0.3, 0.4) is 0 Å². The molecular weight excluding hydrogens is 518 g/mol. The topological polar surface area (TPSA) is 103 Å². The van der Waals surface area contributed by atoms with Gasteiger partial charge >= 0.3 is 12.1 Å². The molecule has 9 heteroatoms. The molecule has 3 fully saturated rings. The van der Waals surface area contributed by atoms with E-state index in [0.717, 1.165) is 37.8 Å². The number of benzene rings is 2. The molecule has 2 aromatic rings. The summed E-state index contributed by atoms with van der Waals surface area (Å²) in [5.41, 5.74) is 8.20. The monoisotopic (exact) mass is 557 g/mol. The molecule has 41 heavy (non-hydrogen) atoms. The molecule has 216 valence electrons. The van der Waals surface area contributed by atoms with E-state index in [-0.39, 0.29) is 48.4 Å². The Bertz CT molecular complexity index is 1310. The van der Waals surface area contributed by atoms with Crippen LogP contribution in [-0.4, -0.2) is 78.8 Å². The van der Waals surface area contributed by atoms with Crippen molar-refractivity contribution in [2.24, 2.45) is 16.9 Å². The smallest absolute Gasteiger partial charge is 0.410 e. The van der Waals surface area contributed by atoms with Crippen LogP contribution in [0.4, 0.5) is 9.59 Å². The van der Waals surface area contributed by atoms with E-state index in [9.17, 15) is 14.4 Å². The molecule has 2 heterocycles. The van der Waals surface area contributed by atoms with E-state index in [4.69, 9.17) is 4.74 Å². The first kappa shape index (κ1) is 27.4. The first-order valence-electron chi connectivity index (χ1n) is 14.8. The van der Waals surface area contributed by atoms with Crippen LogP contribution in [0.2, 0.25) is 0 Å². The quantitative estimate of drug-likeness (QED) is 0.514.